The molecule has 78 valence electrons. The van der Waals surface area contributed by atoms with Gasteiger partial charge < -0.3 is 20.0 Å². The number of ether oxygens (including phenoxy) is 1. The van der Waals surface area contributed by atoms with Crippen molar-refractivity contribution in [1.29, 1.82) is 0 Å². The van der Waals surface area contributed by atoms with Gasteiger partial charge in [0.15, 0.2) is 5.75 Å². The molecule has 0 aromatic carbocycles. The van der Waals surface area contributed by atoms with E-state index in [1.54, 1.807) is 6.07 Å². The molecule has 0 aliphatic rings. The molecule has 0 spiro atoms. The highest BCUT2D eigenvalue weighted by molar-refractivity contribution is 5.67. The molecule has 0 amide bonds. The predicted molar refractivity (Wildman–Crippen MR) is 49.3 cm³/mol. The SMILES string of the molecule is COc1coc(C(CN)CC(=O)O)c1. The normalized spacial score (nSPS) is 12.4. The Kier molecular flexibility index (Phi) is 3.53. The van der Waals surface area contributed by atoms with Gasteiger partial charge in [-0.05, 0) is 0 Å². The molecule has 0 aliphatic carbocycles. The number of aliphatic carboxylic acids is 1. The summed E-state index contributed by atoms with van der Waals surface area (Å²) >= 11 is 0. The molecule has 1 aromatic heterocycles. The zero-order valence-electron chi connectivity index (χ0n) is 7.90. The van der Waals surface area contributed by atoms with Crippen LogP contribution in [0.1, 0.15) is 18.1 Å². The van der Waals surface area contributed by atoms with Crippen LogP contribution in [-0.2, 0) is 4.79 Å². The first-order chi connectivity index (χ1) is 6.67. The summed E-state index contributed by atoms with van der Waals surface area (Å²) in [7, 11) is 1.52. The summed E-state index contributed by atoms with van der Waals surface area (Å²) in [6.45, 7) is 0.239. The second kappa shape index (κ2) is 4.66. The summed E-state index contributed by atoms with van der Waals surface area (Å²) in [6.07, 6.45) is 1.40. The van der Waals surface area contributed by atoms with Crippen LogP contribution in [0.5, 0.6) is 5.75 Å². The van der Waals surface area contributed by atoms with E-state index in [-0.39, 0.29) is 18.9 Å². The van der Waals surface area contributed by atoms with Crippen LogP contribution in [0.15, 0.2) is 16.7 Å². The number of hydrogen-bond donors (Lipinski definition) is 2. The van der Waals surface area contributed by atoms with Gasteiger partial charge in [0.2, 0.25) is 0 Å². The lowest BCUT2D eigenvalue weighted by Gasteiger charge is -2.07. The first-order valence-corrected chi connectivity index (χ1v) is 4.21. The third kappa shape index (κ3) is 2.50. The molecule has 0 radical (unpaired) electrons. The maximum atomic E-state index is 10.5. The molecular weight excluding hydrogens is 186 g/mol. The van der Waals surface area contributed by atoms with Crippen molar-refractivity contribution in [2.24, 2.45) is 5.73 Å². The third-order valence-corrected chi connectivity index (χ3v) is 1.94. The minimum Gasteiger partial charge on any atom is -0.493 e. The van der Waals surface area contributed by atoms with E-state index >= 15 is 0 Å². The molecule has 0 saturated carbocycles. The molecule has 14 heavy (non-hydrogen) atoms. The van der Waals surface area contributed by atoms with Gasteiger partial charge in [-0.1, -0.05) is 0 Å². The Morgan fingerprint density at radius 1 is 1.79 bits per heavy atom. The lowest BCUT2D eigenvalue weighted by Crippen LogP contribution is -2.15. The smallest absolute Gasteiger partial charge is 0.304 e. The first kappa shape index (κ1) is 10.6. The van der Waals surface area contributed by atoms with Crippen molar-refractivity contribution in [2.75, 3.05) is 13.7 Å². The summed E-state index contributed by atoms with van der Waals surface area (Å²) in [6, 6.07) is 1.65. The van der Waals surface area contributed by atoms with E-state index in [1.807, 2.05) is 0 Å². The summed E-state index contributed by atoms with van der Waals surface area (Å²) in [5.41, 5.74) is 5.44. The first-order valence-electron chi connectivity index (χ1n) is 4.21. The highest BCUT2D eigenvalue weighted by atomic mass is 16.5. The van der Waals surface area contributed by atoms with Gasteiger partial charge in [0.05, 0.1) is 13.5 Å². The van der Waals surface area contributed by atoms with Crippen LogP contribution in [0.3, 0.4) is 0 Å². The van der Waals surface area contributed by atoms with Crippen molar-refractivity contribution in [3.8, 4) is 5.75 Å². The van der Waals surface area contributed by atoms with Crippen LogP contribution >= 0.6 is 0 Å². The highest BCUT2D eigenvalue weighted by Crippen LogP contribution is 2.24. The lowest BCUT2D eigenvalue weighted by molar-refractivity contribution is -0.137. The molecule has 1 atom stereocenters. The Balaban J connectivity index is 2.73. The predicted octanol–water partition coefficient (Wildman–Crippen LogP) is 0.805. The van der Waals surface area contributed by atoms with Gasteiger partial charge in [0.25, 0.3) is 0 Å². The number of furan rings is 1. The maximum Gasteiger partial charge on any atom is 0.304 e. The summed E-state index contributed by atoms with van der Waals surface area (Å²) in [4.78, 5) is 10.5. The lowest BCUT2D eigenvalue weighted by atomic mass is 10.0. The number of carboxylic acid groups (broad SMARTS) is 1. The van der Waals surface area contributed by atoms with Gasteiger partial charge in [-0.3, -0.25) is 4.79 Å². The van der Waals surface area contributed by atoms with Crippen molar-refractivity contribution >= 4 is 5.97 Å². The molecule has 1 heterocycles. The Hall–Kier alpha value is -1.49. The summed E-state index contributed by atoms with van der Waals surface area (Å²) in [5.74, 6) is -0.0668. The number of methoxy groups -OCH3 is 1. The average molecular weight is 199 g/mol. The van der Waals surface area contributed by atoms with Gasteiger partial charge in [0, 0.05) is 18.5 Å². The van der Waals surface area contributed by atoms with Crippen molar-refractivity contribution < 1.29 is 19.1 Å². The second-order valence-corrected chi connectivity index (χ2v) is 2.92. The zero-order chi connectivity index (χ0) is 10.6. The molecule has 1 aromatic rings. The quantitative estimate of drug-likeness (QED) is 0.732. The Bertz CT molecular complexity index is 308. The van der Waals surface area contributed by atoms with Gasteiger partial charge in [-0.25, -0.2) is 0 Å². The molecule has 0 saturated heterocycles. The van der Waals surface area contributed by atoms with E-state index in [4.69, 9.17) is 20.0 Å². The maximum absolute atomic E-state index is 10.5. The molecule has 1 rings (SSSR count). The zero-order valence-corrected chi connectivity index (χ0v) is 7.90. The summed E-state index contributed by atoms with van der Waals surface area (Å²) in [5, 5.41) is 8.61. The molecule has 3 N–H and O–H groups in total. The van der Waals surface area contributed by atoms with E-state index < -0.39 is 5.97 Å². The van der Waals surface area contributed by atoms with Crippen molar-refractivity contribution in [2.45, 2.75) is 12.3 Å². The number of carboxylic acids is 1. The topological polar surface area (TPSA) is 85.7 Å². The Morgan fingerprint density at radius 3 is 2.93 bits per heavy atom. The molecule has 5 nitrogen and oxygen atoms in total. The van der Waals surface area contributed by atoms with Gasteiger partial charge in [-0.2, -0.15) is 0 Å². The summed E-state index contributed by atoms with van der Waals surface area (Å²) < 4.78 is 10.1. The van der Waals surface area contributed by atoms with Gasteiger partial charge in [0.1, 0.15) is 12.0 Å². The van der Waals surface area contributed by atoms with Gasteiger partial charge in [-0.15, -0.1) is 0 Å². The Labute approximate surface area is 81.5 Å². The fourth-order valence-electron chi connectivity index (χ4n) is 1.17. The number of rotatable bonds is 5. The fraction of sp³-hybridized carbons (Fsp3) is 0.444. The van der Waals surface area contributed by atoms with Crippen molar-refractivity contribution in [3.63, 3.8) is 0 Å². The van der Waals surface area contributed by atoms with E-state index in [2.05, 4.69) is 0 Å². The molecule has 0 fully saturated rings. The van der Waals surface area contributed by atoms with Crippen molar-refractivity contribution in [3.05, 3.63) is 18.1 Å². The van der Waals surface area contributed by atoms with E-state index in [1.165, 1.54) is 13.4 Å². The minimum atomic E-state index is -0.893. The Morgan fingerprint density at radius 2 is 2.50 bits per heavy atom. The van der Waals surface area contributed by atoms with Crippen LogP contribution in [0, 0.1) is 0 Å². The van der Waals surface area contributed by atoms with E-state index in [9.17, 15) is 4.79 Å². The van der Waals surface area contributed by atoms with E-state index in [0.717, 1.165) is 0 Å². The number of hydrogen-bond acceptors (Lipinski definition) is 4. The largest absolute Gasteiger partial charge is 0.493 e. The highest BCUT2D eigenvalue weighted by Gasteiger charge is 2.17. The van der Waals surface area contributed by atoms with Crippen LogP contribution in [0.25, 0.3) is 0 Å². The molecule has 0 bridgehead atoms. The third-order valence-electron chi connectivity index (χ3n) is 1.94. The van der Waals surface area contributed by atoms with Crippen LogP contribution in [0.2, 0.25) is 0 Å². The van der Waals surface area contributed by atoms with Crippen LogP contribution in [0.4, 0.5) is 0 Å². The number of nitrogens with two attached hydrogens (primary N) is 1. The monoisotopic (exact) mass is 199 g/mol. The molecule has 1 unspecified atom stereocenters. The minimum absolute atomic E-state index is 0.0346. The number of carbonyl (C=O) groups is 1. The van der Waals surface area contributed by atoms with Gasteiger partial charge >= 0.3 is 5.97 Å². The van der Waals surface area contributed by atoms with Crippen LogP contribution in [-0.4, -0.2) is 24.7 Å². The molecular formula is C9H13NO4. The molecule has 5 heteroatoms. The van der Waals surface area contributed by atoms with E-state index in [0.29, 0.717) is 11.5 Å². The average Bonchev–Trinajstić information content (AvgIpc) is 2.62. The standard InChI is InChI=1S/C9H13NO4/c1-13-7-3-8(14-5-7)6(4-10)2-9(11)12/h3,5-6H,2,4,10H2,1H3,(H,11,12). The van der Waals surface area contributed by atoms with Crippen LogP contribution < -0.4 is 10.5 Å². The molecule has 0 aliphatic heterocycles. The van der Waals surface area contributed by atoms with Crippen molar-refractivity contribution in [1.82, 2.24) is 0 Å². The second-order valence-electron chi connectivity index (χ2n) is 2.92. The fourth-order valence-corrected chi connectivity index (χ4v) is 1.17.